The summed E-state index contributed by atoms with van der Waals surface area (Å²) in [4.78, 5) is 12.6. The second kappa shape index (κ2) is 3.05. The summed E-state index contributed by atoms with van der Waals surface area (Å²) < 4.78 is 0. The molecule has 15 heavy (non-hydrogen) atoms. The SMILES string of the molecule is Cc1nc(N)c2c(N)c(C)c(C)nc2n1. The van der Waals surface area contributed by atoms with Crippen molar-refractivity contribution in [3.8, 4) is 0 Å². The van der Waals surface area contributed by atoms with Crippen LogP contribution in [0, 0.1) is 20.8 Å². The summed E-state index contributed by atoms with van der Waals surface area (Å²) in [7, 11) is 0. The fourth-order valence-corrected chi connectivity index (χ4v) is 1.54. The summed E-state index contributed by atoms with van der Waals surface area (Å²) in [6.07, 6.45) is 0. The number of nitrogen functional groups attached to an aromatic ring is 2. The Hall–Kier alpha value is -1.91. The first-order valence-corrected chi connectivity index (χ1v) is 4.67. The van der Waals surface area contributed by atoms with Crippen LogP contribution >= 0.6 is 0 Å². The van der Waals surface area contributed by atoms with Gasteiger partial charge in [-0.1, -0.05) is 0 Å². The van der Waals surface area contributed by atoms with Crippen LogP contribution in [0.3, 0.4) is 0 Å². The highest BCUT2D eigenvalue weighted by atomic mass is 15.0. The lowest BCUT2D eigenvalue weighted by Gasteiger charge is -2.09. The van der Waals surface area contributed by atoms with Gasteiger partial charge in [0, 0.05) is 5.69 Å². The first-order valence-electron chi connectivity index (χ1n) is 4.67. The van der Waals surface area contributed by atoms with Crippen LogP contribution in [0.2, 0.25) is 0 Å². The predicted molar refractivity (Wildman–Crippen MR) is 60.4 cm³/mol. The van der Waals surface area contributed by atoms with E-state index in [1.54, 1.807) is 6.92 Å². The van der Waals surface area contributed by atoms with Gasteiger partial charge in [-0.25, -0.2) is 15.0 Å². The molecule has 0 aliphatic carbocycles. The molecule has 78 valence electrons. The standard InChI is InChI=1S/C10H13N5/c1-4-5(2)13-10-7(8(4)11)9(12)14-6(3)15-10/h1-3H3,(H4,11,12,13,14,15). The van der Waals surface area contributed by atoms with Crippen molar-refractivity contribution in [2.24, 2.45) is 0 Å². The van der Waals surface area contributed by atoms with E-state index in [-0.39, 0.29) is 0 Å². The molecule has 0 saturated heterocycles. The molecule has 5 heteroatoms. The molecule has 2 aromatic rings. The maximum absolute atomic E-state index is 5.97. The van der Waals surface area contributed by atoms with Crippen molar-refractivity contribution in [1.82, 2.24) is 15.0 Å². The third-order valence-corrected chi connectivity index (χ3v) is 2.52. The van der Waals surface area contributed by atoms with Crippen LogP contribution in [0.25, 0.3) is 11.0 Å². The molecule has 0 radical (unpaired) electrons. The zero-order valence-corrected chi connectivity index (χ0v) is 9.00. The normalized spacial score (nSPS) is 10.9. The zero-order chi connectivity index (χ0) is 11.2. The monoisotopic (exact) mass is 203 g/mol. The van der Waals surface area contributed by atoms with Gasteiger partial charge < -0.3 is 11.5 Å². The van der Waals surface area contributed by atoms with E-state index in [1.165, 1.54) is 0 Å². The van der Waals surface area contributed by atoms with Crippen molar-refractivity contribution in [1.29, 1.82) is 0 Å². The maximum Gasteiger partial charge on any atom is 0.167 e. The van der Waals surface area contributed by atoms with Crippen molar-refractivity contribution in [2.45, 2.75) is 20.8 Å². The number of pyridine rings is 1. The maximum atomic E-state index is 5.97. The lowest BCUT2D eigenvalue weighted by molar-refractivity contribution is 1.06. The summed E-state index contributed by atoms with van der Waals surface area (Å²) in [6.45, 7) is 5.60. The highest BCUT2D eigenvalue weighted by Gasteiger charge is 2.11. The van der Waals surface area contributed by atoms with Crippen molar-refractivity contribution in [2.75, 3.05) is 11.5 Å². The molecule has 0 aliphatic rings. The number of nitrogens with two attached hydrogens (primary N) is 2. The van der Waals surface area contributed by atoms with E-state index in [1.807, 2.05) is 13.8 Å². The Morgan fingerprint density at radius 3 is 2.27 bits per heavy atom. The van der Waals surface area contributed by atoms with Gasteiger partial charge in [0.15, 0.2) is 5.65 Å². The Morgan fingerprint density at radius 2 is 1.60 bits per heavy atom. The van der Waals surface area contributed by atoms with Gasteiger partial charge in [-0.15, -0.1) is 0 Å². The molecule has 0 aliphatic heterocycles. The van der Waals surface area contributed by atoms with E-state index in [2.05, 4.69) is 15.0 Å². The van der Waals surface area contributed by atoms with E-state index < -0.39 is 0 Å². The summed E-state index contributed by atoms with van der Waals surface area (Å²) in [5, 5.41) is 0.656. The predicted octanol–water partition coefficient (Wildman–Crippen LogP) is 1.11. The van der Waals surface area contributed by atoms with Gasteiger partial charge in [0.25, 0.3) is 0 Å². The lowest BCUT2D eigenvalue weighted by Crippen LogP contribution is -2.04. The topological polar surface area (TPSA) is 90.7 Å². The molecule has 5 nitrogen and oxygen atoms in total. The Balaban J connectivity index is 2.99. The summed E-state index contributed by atoms with van der Waals surface area (Å²) in [5.41, 5.74) is 14.8. The third kappa shape index (κ3) is 1.36. The molecule has 2 aromatic heterocycles. The second-order valence-electron chi connectivity index (χ2n) is 3.59. The summed E-state index contributed by atoms with van der Waals surface area (Å²) in [5.74, 6) is 1.00. The molecule has 4 N–H and O–H groups in total. The largest absolute Gasteiger partial charge is 0.398 e. The van der Waals surface area contributed by atoms with E-state index in [0.717, 1.165) is 11.3 Å². The number of aromatic nitrogens is 3. The fraction of sp³-hybridized carbons (Fsp3) is 0.300. The molecule has 0 saturated carbocycles. The van der Waals surface area contributed by atoms with E-state index >= 15 is 0 Å². The number of hydrogen-bond acceptors (Lipinski definition) is 5. The zero-order valence-electron chi connectivity index (χ0n) is 9.00. The number of hydrogen-bond donors (Lipinski definition) is 2. The Labute approximate surface area is 87.5 Å². The van der Waals surface area contributed by atoms with Gasteiger partial charge in [0.1, 0.15) is 11.6 Å². The van der Waals surface area contributed by atoms with Crippen molar-refractivity contribution < 1.29 is 0 Å². The average molecular weight is 203 g/mol. The number of rotatable bonds is 0. The molecule has 0 bridgehead atoms. The molecule has 0 amide bonds. The van der Waals surface area contributed by atoms with E-state index in [0.29, 0.717) is 28.4 Å². The van der Waals surface area contributed by atoms with Crippen LogP contribution in [-0.2, 0) is 0 Å². The van der Waals surface area contributed by atoms with Crippen molar-refractivity contribution in [3.05, 3.63) is 17.1 Å². The van der Waals surface area contributed by atoms with Crippen LogP contribution in [0.5, 0.6) is 0 Å². The Morgan fingerprint density at radius 1 is 0.933 bits per heavy atom. The molecule has 2 heterocycles. The molecule has 0 unspecified atom stereocenters. The van der Waals surface area contributed by atoms with Gasteiger partial charge in [0.2, 0.25) is 0 Å². The number of fused-ring (bicyclic) bond motifs is 1. The van der Waals surface area contributed by atoms with Crippen LogP contribution in [0.1, 0.15) is 17.1 Å². The van der Waals surface area contributed by atoms with Gasteiger partial charge >= 0.3 is 0 Å². The molecule has 0 aromatic carbocycles. The molecule has 2 rings (SSSR count). The highest BCUT2D eigenvalue weighted by molar-refractivity contribution is 5.97. The third-order valence-electron chi connectivity index (χ3n) is 2.52. The fourth-order valence-electron chi connectivity index (χ4n) is 1.54. The van der Waals surface area contributed by atoms with Crippen molar-refractivity contribution in [3.63, 3.8) is 0 Å². The molecular formula is C10H13N5. The van der Waals surface area contributed by atoms with Crippen LogP contribution in [-0.4, -0.2) is 15.0 Å². The first kappa shape index (κ1) is 9.64. The van der Waals surface area contributed by atoms with Gasteiger partial charge in [-0.3, -0.25) is 0 Å². The molecule has 0 atom stereocenters. The van der Waals surface area contributed by atoms with Crippen LogP contribution in [0.15, 0.2) is 0 Å². The van der Waals surface area contributed by atoms with Gasteiger partial charge in [-0.2, -0.15) is 0 Å². The average Bonchev–Trinajstić information content (AvgIpc) is 2.13. The summed E-state index contributed by atoms with van der Waals surface area (Å²) in [6, 6.07) is 0. The van der Waals surface area contributed by atoms with E-state index in [4.69, 9.17) is 11.5 Å². The smallest absolute Gasteiger partial charge is 0.167 e. The minimum atomic E-state index is 0.394. The van der Waals surface area contributed by atoms with Gasteiger partial charge in [-0.05, 0) is 26.3 Å². The number of nitrogens with zero attached hydrogens (tertiary/aromatic N) is 3. The lowest BCUT2D eigenvalue weighted by atomic mass is 10.1. The molecular weight excluding hydrogens is 190 g/mol. The first-order chi connectivity index (χ1) is 7.00. The molecule has 0 spiro atoms. The van der Waals surface area contributed by atoms with Crippen LogP contribution in [0.4, 0.5) is 11.5 Å². The minimum Gasteiger partial charge on any atom is -0.398 e. The summed E-state index contributed by atoms with van der Waals surface area (Å²) >= 11 is 0. The van der Waals surface area contributed by atoms with Crippen molar-refractivity contribution >= 4 is 22.5 Å². The number of aryl methyl sites for hydroxylation is 2. The second-order valence-corrected chi connectivity index (χ2v) is 3.59. The van der Waals surface area contributed by atoms with Gasteiger partial charge in [0.05, 0.1) is 11.1 Å². The molecule has 0 fully saturated rings. The number of anilines is 2. The Bertz CT molecular complexity index is 547. The Kier molecular flexibility index (Phi) is 1.96. The van der Waals surface area contributed by atoms with Crippen LogP contribution < -0.4 is 11.5 Å². The minimum absolute atomic E-state index is 0.394. The van der Waals surface area contributed by atoms with E-state index in [9.17, 15) is 0 Å². The quantitative estimate of drug-likeness (QED) is 0.669. The highest BCUT2D eigenvalue weighted by Crippen LogP contribution is 2.27.